The van der Waals surface area contributed by atoms with Crippen LogP contribution in [0.15, 0.2) is 27.8 Å². The van der Waals surface area contributed by atoms with Crippen molar-refractivity contribution < 1.29 is 14.3 Å². The molecule has 0 saturated heterocycles. The van der Waals surface area contributed by atoms with Crippen molar-refractivity contribution in [2.24, 2.45) is 5.10 Å². The van der Waals surface area contributed by atoms with E-state index in [0.29, 0.717) is 24.4 Å². The van der Waals surface area contributed by atoms with Gasteiger partial charge in [0, 0.05) is 29.4 Å². The Balaban J connectivity index is 2.00. The number of halogens is 1. The van der Waals surface area contributed by atoms with E-state index in [-0.39, 0.29) is 18.2 Å². The Kier molecular flexibility index (Phi) is 4.73. The van der Waals surface area contributed by atoms with Gasteiger partial charge in [0.05, 0.1) is 7.11 Å². The molecule has 0 atom stereocenters. The minimum absolute atomic E-state index is 0.171. The number of nitrogens with zero attached hydrogens (tertiary/aromatic N) is 1. The molecular weight excluding hydrogens is 326 g/mol. The molecule has 0 saturated carbocycles. The third-order valence-corrected chi connectivity index (χ3v) is 3.34. The topological polar surface area (TPSA) is 79.8 Å². The summed E-state index contributed by atoms with van der Waals surface area (Å²) in [5.74, 6) is 0.245. The van der Waals surface area contributed by atoms with Crippen LogP contribution >= 0.6 is 15.9 Å². The average Bonchev–Trinajstić information content (AvgIpc) is 2.45. The minimum atomic E-state index is -0.285. The normalized spacial score (nSPS) is 14.3. The summed E-state index contributed by atoms with van der Waals surface area (Å²) in [6.45, 7) is 0.328. The fourth-order valence-corrected chi connectivity index (χ4v) is 2.21. The van der Waals surface area contributed by atoms with Crippen LogP contribution in [0.1, 0.15) is 18.4 Å². The molecule has 1 heterocycles. The molecule has 0 bridgehead atoms. The second-order valence-corrected chi connectivity index (χ2v) is 5.15. The van der Waals surface area contributed by atoms with Gasteiger partial charge >= 0.3 is 0 Å². The highest BCUT2D eigenvalue weighted by Crippen LogP contribution is 2.22. The lowest BCUT2D eigenvalue weighted by atomic mass is 10.1. The van der Waals surface area contributed by atoms with Gasteiger partial charge in [0.15, 0.2) is 0 Å². The number of hydrazone groups is 1. The summed E-state index contributed by atoms with van der Waals surface area (Å²) in [7, 11) is 1.58. The van der Waals surface area contributed by atoms with E-state index in [4.69, 9.17) is 4.74 Å². The van der Waals surface area contributed by atoms with Crippen LogP contribution in [0.5, 0.6) is 5.75 Å². The van der Waals surface area contributed by atoms with E-state index in [0.717, 1.165) is 10.0 Å². The molecule has 106 valence electrons. The molecule has 7 heteroatoms. The lowest BCUT2D eigenvalue weighted by Gasteiger charge is -2.13. The van der Waals surface area contributed by atoms with E-state index in [1.54, 1.807) is 7.11 Å². The molecule has 0 radical (unpaired) electrons. The molecule has 0 fully saturated rings. The number of hydrogen-bond donors (Lipinski definition) is 2. The number of benzene rings is 1. The monoisotopic (exact) mass is 339 g/mol. The Bertz CT molecular complexity index is 572. The van der Waals surface area contributed by atoms with Crippen LogP contribution in [0, 0.1) is 0 Å². The molecule has 1 aliphatic heterocycles. The van der Waals surface area contributed by atoms with Gasteiger partial charge in [-0.1, -0.05) is 15.9 Å². The molecular formula is C13H14BrN3O3. The zero-order valence-electron chi connectivity index (χ0n) is 10.9. The lowest BCUT2D eigenvalue weighted by molar-refractivity contribution is -0.121. The van der Waals surface area contributed by atoms with Crippen molar-refractivity contribution in [1.82, 2.24) is 10.7 Å². The minimum Gasteiger partial charge on any atom is -0.496 e. The Hall–Kier alpha value is -1.89. The Morgan fingerprint density at radius 3 is 2.95 bits per heavy atom. The summed E-state index contributed by atoms with van der Waals surface area (Å²) in [4.78, 5) is 22.9. The van der Waals surface area contributed by atoms with E-state index >= 15 is 0 Å². The first-order valence-electron chi connectivity index (χ1n) is 6.06. The van der Waals surface area contributed by atoms with Gasteiger partial charge in [-0.25, -0.2) is 5.43 Å². The smallest absolute Gasteiger partial charge is 0.267 e. The molecule has 2 N–H and O–H groups in total. The number of methoxy groups -OCH3 is 1. The average molecular weight is 340 g/mol. The molecule has 6 nitrogen and oxygen atoms in total. The largest absolute Gasteiger partial charge is 0.496 e. The fraction of sp³-hybridized carbons (Fsp3) is 0.308. The van der Waals surface area contributed by atoms with Crippen molar-refractivity contribution in [3.63, 3.8) is 0 Å². The molecule has 20 heavy (non-hydrogen) atoms. The summed E-state index contributed by atoms with van der Waals surface area (Å²) >= 11 is 3.38. The maximum atomic E-state index is 11.9. The van der Waals surface area contributed by atoms with Crippen LogP contribution in [0.4, 0.5) is 0 Å². The zero-order valence-corrected chi connectivity index (χ0v) is 12.5. The third kappa shape index (κ3) is 3.57. The Morgan fingerprint density at radius 2 is 2.30 bits per heavy atom. The molecule has 0 aromatic heterocycles. The van der Waals surface area contributed by atoms with Crippen LogP contribution in [0.3, 0.4) is 0 Å². The van der Waals surface area contributed by atoms with Crippen molar-refractivity contribution in [2.75, 3.05) is 7.11 Å². The number of ether oxygens (including phenoxy) is 1. The van der Waals surface area contributed by atoms with E-state index in [2.05, 4.69) is 31.8 Å². The van der Waals surface area contributed by atoms with Crippen molar-refractivity contribution in [3.05, 3.63) is 28.2 Å². The number of nitrogens with one attached hydrogen (secondary N) is 2. The quantitative estimate of drug-likeness (QED) is 0.868. The van der Waals surface area contributed by atoms with Gasteiger partial charge in [-0.3, -0.25) is 9.59 Å². The molecule has 2 amide bonds. The van der Waals surface area contributed by atoms with Gasteiger partial charge in [0.25, 0.3) is 5.91 Å². The second kappa shape index (κ2) is 6.51. The van der Waals surface area contributed by atoms with Crippen molar-refractivity contribution in [3.8, 4) is 5.75 Å². The standard InChI is InChI=1S/C13H14BrN3O3/c1-20-11-4-2-9(14)6-8(11)7-15-13(19)10-3-5-12(18)17-16-10/h2,4,6H,3,5,7H2,1H3,(H,15,19)(H,17,18). The first kappa shape index (κ1) is 14.5. The highest BCUT2D eigenvalue weighted by atomic mass is 79.9. The van der Waals surface area contributed by atoms with Crippen LogP contribution in [0.25, 0.3) is 0 Å². The summed E-state index contributed by atoms with van der Waals surface area (Å²) in [5, 5.41) is 6.51. The van der Waals surface area contributed by atoms with Crippen LogP contribution in [-0.2, 0) is 16.1 Å². The maximum Gasteiger partial charge on any atom is 0.267 e. The number of rotatable bonds is 4. The van der Waals surface area contributed by atoms with E-state index in [1.165, 1.54) is 0 Å². The fourth-order valence-electron chi connectivity index (χ4n) is 1.80. The molecule has 1 aromatic carbocycles. The van der Waals surface area contributed by atoms with Gasteiger partial charge in [-0.2, -0.15) is 5.10 Å². The van der Waals surface area contributed by atoms with Crippen molar-refractivity contribution in [2.45, 2.75) is 19.4 Å². The molecule has 1 aromatic rings. The lowest BCUT2D eigenvalue weighted by Crippen LogP contribution is -2.36. The van der Waals surface area contributed by atoms with Gasteiger partial charge in [-0.15, -0.1) is 0 Å². The van der Waals surface area contributed by atoms with Gasteiger partial charge in [0.2, 0.25) is 5.91 Å². The highest BCUT2D eigenvalue weighted by Gasteiger charge is 2.18. The third-order valence-electron chi connectivity index (χ3n) is 2.85. The van der Waals surface area contributed by atoms with Crippen LogP contribution in [-0.4, -0.2) is 24.6 Å². The molecule has 0 aliphatic carbocycles. The number of carbonyl (C=O) groups is 2. The SMILES string of the molecule is COc1ccc(Br)cc1CNC(=O)C1=NNC(=O)CC1. The van der Waals surface area contributed by atoms with Gasteiger partial charge in [0.1, 0.15) is 11.5 Å². The first-order valence-corrected chi connectivity index (χ1v) is 6.85. The predicted octanol–water partition coefficient (Wildman–Crippen LogP) is 1.34. The van der Waals surface area contributed by atoms with Crippen molar-refractivity contribution in [1.29, 1.82) is 0 Å². The van der Waals surface area contributed by atoms with Crippen LogP contribution < -0.4 is 15.5 Å². The van der Waals surface area contributed by atoms with Gasteiger partial charge < -0.3 is 10.1 Å². The molecule has 2 rings (SSSR count). The second-order valence-electron chi connectivity index (χ2n) is 4.23. The van der Waals surface area contributed by atoms with Crippen LogP contribution in [0.2, 0.25) is 0 Å². The summed E-state index contributed by atoms with van der Waals surface area (Å²) in [6.07, 6.45) is 0.639. The van der Waals surface area contributed by atoms with E-state index in [9.17, 15) is 9.59 Å². The molecule has 0 unspecified atom stereocenters. The molecule has 1 aliphatic rings. The maximum absolute atomic E-state index is 11.9. The summed E-state index contributed by atoms with van der Waals surface area (Å²) in [5.41, 5.74) is 3.49. The Morgan fingerprint density at radius 1 is 1.50 bits per heavy atom. The van der Waals surface area contributed by atoms with Gasteiger partial charge in [-0.05, 0) is 18.2 Å². The number of carbonyl (C=O) groups excluding carboxylic acids is 2. The number of hydrogen-bond acceptors (Lipinski definition) is 4. The highest BCUT2D eigenvalue weighted by molar-refractivity contribution is 9.10. The predicted molar refractivity (Wildman–Crippen MR) is 77.4 cm³/mol. The first-order chi connectivity index (χ1) is 9.60. The van der Waals surface area contributed by atoms with Crippen molar-refractivity contribution >= 4 is 33.5 Å². The summed E-state index contributed by atoms with van der Waals surface area (Å²) < 4.78 is 6.14. The van der Waals surface area contributed by atoms with E-state index in [1.807, 2.05) is 18.2 Å². The number of amides is 2. The Labute approximate surface area is 124 Å². The van der Waals surface area contributed by atoms with E-state index < -0.39 is 0 Å². The summed E-state index contributed by atoms with van der Waals surface area (Å²) in [6, 6.07) is 5.57. The zero-order chi connectivity index (χ0) is 14.5. The molecule has 0 spiro atoms.